The van der Waals surface area contributed by atoms with Crippen LogP contribution in [0.1, 0.15) is 11.1 Å². The molecule has 1 saturated heterocycles. The average Bonchev–Trinajstić information content (AvgIpc) is 2.62. The van der Waals surface area contributed by atoms with Gasteiger partial charge in [-0.05, 0) is 11.1 Å². The molecular weight excluding hydrogens is 436 g/mol. The van der Waals surface area contributed by atoms with Gasteiger partial charge in [-0.3, -0.25) is 9.59 Å². The summed E-state index contributed by atoms with van der Waals surface area (Å²) in [5.41, 5.74) is 1.97. The van der Waals surface area contributed by atoms with E-state index in [-0.39, 0.29) is 11.8 Å². The minimum atomic E-state index is -0.664. The summed E-state index contributed by atoms with van der Waals surface area (Å²) >= 11 is 6.78. The third-order valence-electron chi connectivity index (χ3n) is 3.91. The number of rotatable bonds is 4. The van der Waals surface area contributed by atoms with Crippen molar-refractivity contribution in [2.24, 2.45) is 0 Å². The van der Waals surface area contributed by atoms with Gasteiger partial charge >= 0.3 is 0 Å². The Bertz CT molecular complexity index is 661. The molecule has 2 atom stereocenters. The lowest BCUT2D eigenvalue weighted by atomic mass is 10.1. The van der Waals surface area contributed by atoms with Gasteiger partial charge in [0, 0.05) is 13.1 Å². The number of carbonyl (C=O) groups excluding carboxylic acids is 2. The Morgan fingerprint density at radius 1 is 0.667 bits per heavy atom. The van der Waals surface area contributed by atoms with Crippen LogP contribution in [0, 0.1) is 0 Å². The van der Waals surface area contributed by atoms with Crippen molar-refractivity contribution in [2.45, 2.75) is 23.0 Å². The number of carbonyl (C=O) groups is 2. The van der Waals surface area contributed by atoms with Gasteiger partial charge in [-0.25, -0.2) is 0 Å². The van der Waals surface area contributed by atoms with Crippen LogP contribution in [0.4, 0.5) is 0 Å². The van der Waals surface area contributed by atoms with Gasteiger partial charge in [0.25, 0.3) is 11.8 Å². The standard InChI is InChI=1S/C18H16Br2N2O2/c19-15-18(24)22(12-14-9-5-2-6-10-14)16(20)17(23)21(15)11-13-7-3-1-4-8-13/h1-10,15-16H,11-12H2. The molecule has 24 heavy (non-hydrogen) atoms. The van der Waals surface area contributed by atoms with Crippen LogP contribution in [0.3, 0.4) is 0 Å². The van der Waals surface area contributed by atoms with E-state index in [1.807, 2.05) is 60.7 Å². The minimum Gasteiger partial charge on any atom is -0.314 e. The normalized spacial score (nSPS) is 21.2. The van der Waals surface area contributed by atoms with E-state index in [2.05, 4.69) is 31.9 Å². The molecule has 2 aromatic rings. The number of hydrogen-bond donors (Lipinski definition) is 0. The van der Waals surface area contributed by atoms with Crippen LogP contribution in [-0.4, -0.2) is 31.5 Å². The lowest BCUT2D eigenvalue weighted by Gasteiger charge is -2.41. The van der Waals surface area contributed by atoms with E-state index < -0.39 is 9.90 Å². The molecule has 0 bridgehead atoms. The topological polar surface area (TPSA) is 40.6 Å². The Balaban J connectivity index is 1.78. The molecule has 0 spiro atoms. The SMILES string of the molecule is O=C1C(Br)N(Cc2ccccc2)C(=O)C(Br)N1Cc1ccccc1. The maximum Gasteiger partial charge on any atom is 0.258 e. The number of amides is 2. The molecule has 0 radical (unpaired) electrons. The zero-order chi connectivity index (χ0) is 17.1. The highest BCUT2D eigenvalue weighted by Gasteiger charge is 2.43. The summed E-state index contributed by atoms with van der Waals surface area (Å²) in [6.45, 7) is 0.783. The summed E-state index contributed by atoms with van der Waals surface area (Å²) in [6.07, 6.45) is 0. The van der Waals surface area contributed by atoms with Crippen molar-refractivity contribution in [2.75, 3.05) is 0 Å². The van der Waals surface area contributed by atoms with E-state index in [1.54, 1.807) is 9.80 Å². The van der Waals surface area contributed by atoms with Gasteiger partial charge in [-0.1, -0.05) is 92.5 Å². The van der Waals surface area contributed by atoms with Crippen molar-refractivity contribution in [1.29, 1.82) is 0 Å². The van der Waals surface area contributed by atoms with Crippen molar-refractivity contribution in [3.63, 3.8) is 0 Å². The van der Waals surface area contributed by atoms with Gasteiger partial charge in [0.15, 0.2) is 9.90 Å². The molecule has 4 nitrogen and oxygen atoms in total. The van der Waals surface area contributed by atoms with E-state index >= 15 is 0 Å². The number of halogens is 2. The first-order valence-corrected chi connectivity index (χ1v) is 9.38. The highest BCUT2D eigenvalue weighted by molar-refractivity contribution is 9.10. The summed E-state index contributed by atoms with van der Waals surface area (Å²) in [5, 5.41) is 0. The Hall–Kier alpha value is -1.66. The van der Waals surface area contributed by atoms with Gasteiger partial charge in [-0.15, -0.1) is 0 Å². The fraction of sp³-hybridized carbons (Fsp3) is 0.222. The molecule has 1 aliphatic rings. The second kappa shape index (κ2) is 7.49. The van der Waals surface area contributed by atoms with Gasteiger partial charge in [0.1, 0.15) is 0 Å². The largest absolute Gasteiger partial charge is 0.314 e. The Morgan fingerprint density at radius 2 is 1.00 bits per heavy atom. The maximum absolute atomic E-state index is 12.7. The molecule has 0 N–H and O–H groups in total. The number of benzene rings is 2. The third-order valence-corrected chi connectivity index (χ3v) is 5.68. The third kappa shape index (κ3) is 3.54. The van der Waals surface area contributed by atoms with E-state index in [9.17, 15) is 9.59 Å². The first-order valence-electron chi connectivity index (χ1n) is 7.55. The summed E-state index contributed by atoms with van der Waals surface area (Å²) in [5.74, 6) is -0.257. The molecular formula is C18H16Br2N2O2. The van der Waals surface area contributed by atoms with Crippen molar-refractivity contribution in [1.82, 2.24) is 9.80 Å². The molecule has 1 fully saturated rings. The smallest absolute Gasteiger partial charge is 0.258 e. The fourth-order valence-electron chi connectivity index (χ4n) is 2.64. The van der Waals surface area contributed by atoms with Crippen LogP contribution in [0.25, 0.3) is 0 Å². The number of alkyl halides is 2. The molecule has 124 valence electrons. The maximum atomic E-state index is 12.7. The molecule has 0 aromatic heterocycles. The summed E-state index contributed by atoms with van der Waals surface area (Å²) < 4.78 is 0. The number of piperazine rings is 1. The first-order chi connectivity index (χ1) is 11.6. The lowest BCUT2D eigenvalue weighted by molar-refractivity contribution is -0.154. The van der Waals surface area contributed by atoms with Gasteiger partial charge < -0.3 is 9.80 Å². The molecule has 2 unspecified atom stereocenters. The highest BCUT2D eigenvalue weighted by Crippen LogP contribution is 2.28. The molecule has 1 heterocycles. The average molecular weight is 452 g/mol. The Morgan fingerprint density at radius 3 is 1.33 bits per heavy atom. The van der Waals surface area contributed by atoms with Crippen LogP contribution in [0.5, 0.6) is 0 Å². The summed E-state index contributed by atoms with van der Waals surface area (Å²) in [4.78, 5) is 27.3. The second-order valence-corrected chi connectivity index (χ2v) is 7.31. The lowest BCUT2D eigenvalue weighted by Crippen LogP contribution is -2.60. The zero-order valence-electron chi connectivity index (χ0n) is 12.8. The van der Waals surface area contributed by atoms with E-state index in [0.717, 1.165) is 11.1 Å². The zero-order valence-corrected chi connectivity index (χ0v) is 16.0. The monoisotopic (exact) mass is 450 g/mol. The first kappa shape index (κ1) is 17.2. The Labute approximate surface area is 157 Å². The van der Waals surface area contributed by atoms with Gasteiger partial charge in [-0.2, -0.15) is 0 Å². The van der Waals surface area contributed by atoms with Crippen LogP contribution in [0.15, 0.2) is 60.7 Å². The van der Waals surface area contributed by atoms with Crippen LogP contribution in [-0.2, 0) is 22.7 Å². The van der Waals surface area contributed by atoms with Gasteiger partial charge in [0.2, 0.25) is 0 Å². The molecule has 2 aromatic carbocycles. The number of hydrogen-bond acceptors (Lipinski definition) is 2. The quantitative estimate of drug-likeness (QED) is 0.527. The predicted octanol–water partition coefficient (Wildman–Crippen LogP) is 3.50. The van der Waals surface area contributed by atoms with E-state index in [1.165, 1.54) is 0 Å². The fourth-order valence-corrected chi connectivity index (χ4v) is 3.86. The van der Waals surface area contributed by atoms with Crippen molar-refractivity contribution in [3.8, 4) is 0 Å². The number of nitrogens with zero attached hydrogens (tertiary/aromatic N) is 2. The van der Waals surface area contributed by atoms with E-state index in [0.29, 0.717) is 13.1 Å². The Kier molecular flexibility index (Phi) is 5.36. The summed E-state index contributed by atoms with van der Waals surface area (Å²) in [7, 11) is 0. The van der Waals surface area contributed by atoms with Crippen LogP contribution < -0.4 is 0 Å². The molecule has 3 rings (SSSR count). The van der Waals surface area contributed by atoms with Crippen molar-refractivity contribution in [3.05, 3.63) is 71.8 Å². The van der Waals surface area contributed by atoms with Crippen LogP contribution >= 0.6 is 31.9 Å². The minimum absolute atomic E-state index is 0.128. The van der Waals surface area contributed by atoms with Gasteiger partial charge in [0.05, 0.1) is 0 Å². The predicted molar refractivity (Wildman–Crippen MR) is 99.4 cm³/mol. The van der Waals surface area contributed by atoms with E-state index in [4.69, 9.17) is 0 Å². The van der Waals surface area contributed by atoms with Crippen molar-refractivity contribution >= 4 is 43.7 Å². The second-order valence-electron chi connectivity index (χ2n) is 5.58. The molecule has 0 saturated carbocycles. The molecule has 1 aliphatic heterocycles. The molecule has 0 aliphatic carbocycles. The summed E-state index contributed by atoms with van der Waals surface area (Å²) in [6, 6.07) is 19.3. The van der Waals surface area contributed by atoms with Crippen LogP contribution in [0.2, 0.25) is 0 Å². The van der Waals surface area contributed by atoms with Crippen molar-refractivity contribution < 1.29 is 9.59 Å². The molecule has 2 amide bonds. The molecule has 6 heteroatoms. The highest BCUT2D eigenvalue weighted by atomic mass is 79.9.